The summed E-state index contributed by atoms with van der Waals surface area (Å²) in [6.07, 6.45) is 3.74. The van der Waals surface area contributed by atoms with Gasteiger partial charge in [-0.05, 0) is 19.8 Å². The van der Waals surface area contributed by atoms with Crippen LogP contribution in [0.3, 0.4) is 0 Å². The van der Waals surface area contributed by atoms with Crippen molar-refractivity contribution in [3.8, 4) is 0 Å². The van der Waals surface area contributed by atoms with E-state index in [-0.39, 0.29) is 6.04 Å². The molecule has 0 saturated carbocycles. The first-order valence-corrected chi connectivity index (χ1v) is 6.09. The van der Waals surface area contributed by atoms with Crippen molar-refractivity contribution in [2.75, 3.05) is 11.4 Å². The van der Waals surface area contributed by atoms with Gasteiger partial charge in [0, 0.05) is 25.2 Å². The van der Waals surface area contributed by atoms with Crippen LogP contribution in [0.2, 0.25) is 0 Å². The van der Waals surface area contributed by atoms with Crippen molar-refractivity contribution < 1.29 is 4.52 Å². The van der Waals surface area contributed by atoms with E-state index in [1.54, 1.807) is 6.33 Å². The molecule has 0 bridgehead atoms. The van der Waals surface area contributed by atoms with Gasteiger partial charge in [0.05, 0.1) is 6.04 Å². The van der Waals surface area contributed by atoms with E-state index in [1.807, 2.05) is 19.9 Å². The first kappa shape index (κ1) is 11.1. The molecule has 2 aromatic rings. The molecule has 1 fully saturated rings. The van der Waals surface area contributed by atoms with E-state index in [0.717, 1.165) is 36.7 Å². The molecule has 1 saturated heterocycles. The monoisotopic (exact) mass is 245 g/mol. The van der Waals surface area contributed by atoms with E-state index in [1.165, 1.54) is 0 Å². The molecule has 2 aromatic heterocycles. The summed E-state index contributed by atoms with van der Waals surface area (Å²) in [6.45, 7) is 4.74. The second kappa shape index (κ2) is 4.36. The Morgan fingerprint density at radius 2 is 2.22 bits per heavy atom. The van der Waals surface area contributed by atoms with Crippen LogP contribution in [0, 0.1) is 13.8 Å². The first-order valence-electron chi connectivity index (χ1n) is 6.09. The molecule has 94 valence electrons. The van der Waals surface area contributed by atoms with Crippen LogP contribution in [0.5, 0.6) is 0 Å². The zero-order valence-corrected chi connectivity index (χ0v) is 10.5. The summed E-state index contributed by atoms with van der Waals surface area (Å²) in [5, 5.41) is 4.02. The average Bonchev–Trinajstić information content (AvgIpc) is 2.96. The molecule has 0 aromatic carbocycles. The minimum atomic E-state index is 0.164. The highest BCUT2D eigenvalue weighted by molar-refractivity contribution is 5.42. The summed E-state index contributed by atoms with van der Waals surface area (Å²) in [5.41, 5.74) is 0.968. The molecule has 3 heterocycles. The van der Waals surface area contributed by atoms with Crippen molar-refractivity contribution in [3.63, 3.8) is 0 Å². The molecule has 18 heavy (non-hydrogen) atoms. The van der Waals surface area contributed by atoms with Crippen LogP contribution in [-0.4, -0.2) is 26.7 Å². The maximum Gasteiger partial charge on any atom is 0.223 e. The number of nitrogens with zero attached hydrogens (tertiary/aromatic N) is 5. The SMILES string of the molecule is Cc1cc(N2CCCC2c2noc(C)n2)ncn1. The van der Waals surface area contributed by atoms with Gasteiger partial charge in [-0.25, -0.2) is 9.97 Å². The maximum atomic E-state index is 5.06. The van der Waals surface area contributed by atoms with E-state index >= 15 is 0 Å². The van der Waals surface area contributed by atoms with Gasteiger partial charge in [-0.3, -0.25) is 0 Å². The number of hydrogen-bond acceptors (Lipinski definition) is 6. The van der Waals surface area contributed by atoms with Gasteiger partial charge in [-0.1, -0.05) is 5.16 Å². The first-order chi connectivity index (χ1) is 8.74. The largest absolute Gasteiger partial charge is 0.346 e. The van der Waals surface area contributed by atoms with E-state index in [0.29, 0.717) is 5.89 Å². The lowest BCUT2D eigenvalue weighted by molar-refractivity contribution is 0.383. The topological polar surface area (TPSA) is 67.9 Å². The van der Waals surface area contributed by atoms with Crippen molar-refractivity contribution in [3.05, 3.63) is 29.8 Å². The summed E-state index contributed by atoms with van der Waals surface area (Å²) < 4.78 is 5.06. The van der Waals surface area contributed by atoms with Crippen molar-refractivity contribution >= 4 is 5.82 Å². The van der Waals surface area contributed by atoms with Crippen molar-refractivity contribution in [2.45, 2.75) is 32.7 Å². The fourth-order valence-electron chi connectivity index (χ4n) is 2.36. The molecule has 1 unspecified atom stereocenters. The summed E-state index contributed by atoms with van der Waals surface area (Å²) in [4.78, 5) is 15.0. The Morgan fingerprint density at radius 3 is 2.94 bits per heavy atom. The third-order valence-electron chi connectivity index (χ3n) is 3.18. The fourth-order valence-corrected chi connectivity index (χ4v) is 2.36. The van der Waals surface area contributed by atoms with Gasteiger partial charge < -0.3 is 9.42 Å². The predicted molar refractivity (Wildman–Crippen MR) is 65.1 cm³/mol. The molecule has 0 amide bonds. The van der Waals surface area contributed by atoms with Crippen molar-refractivity contribution in [1.82, 2.24) is 20.1 Å². The zero-order valence-electron chi connectivity index (χ0n) is 10.5. The van der Waals surface area contributed by atoms with Crippen LogP contribution < -0.4 is 4.90 Å². The van der Waals surface area contributed by atoms with Crippen LogP contribution in [-0.2, 0) is 0 Å². The standard InChI is InChI=1S/C12H15N5O/c1-8-6-11(14-7-13-8)17-5-3-4-10(17)12-15-9(2)18-16-12/h6-7,10H,3-5H2,1-2H3. The predicted octanol–water partition coefficient (Wildman–Crippen LogP) is 1.82. The molecule has 6 heteroatoms. The number of aryl methyl sites for hydroxylation is 2. The van der Waals surface area contributed by atoms with E-state index in [9.17, 15) is 0 Å². The Hall–Kier alpha value is -1.98. The number of aromatic nitrogens is 4. The molecular weight excluding hydrogens is 230 g/mol. The molecule has 3 rings (SSSR count). The number of hydrogen-bond donors (Lipinski definition) is 0. The maximum absolute atomic E-state index is 5.06. The Balaban J connectivity index is 1.92. The van der Waals surface area contributed by atoms with E-state index in [4.69, 9.17) is 4.52 Å². The molecule has 6 nitrogen and oxygen atoms in total. The molecule has 1 atom stereocenters. The van der Waals surface area contributed by atoms with Gasteiger partial charge in [-0.2, -0.15) is 4.98 Å². The second-order valence-corrected chi connectivity index (χ2v) is 4.54. The van der Waals surface area contributed by atoms with Crippen LogP contribution in [0.1, 0.15) is 36.3 Å². The lowest BCUT2D eigenvalue weighted by Gasteiger charge is -2.23. The van der Waals surface area contributed by atoms with E-state index in [2.05, 4.69) is 25.0 Å². The summed E-state index contributed by atoms with van der Waals surface area (Å²) in [5.74, 6) is 2.30. The second-order valence-electron chi connectivity index (χ2n) is 4.54. The number of rotatable bonds is 2. The molecule has 0 radical (unpaired) electrons. The lowest BCUT2D eigenvalue weighted by atomic mass is 10.2. The van der Waals surface area contributed by atoms with Crippen LogP contribution in [0.25, 0.3) is 0 Å². The molecule has 0 aliphatic carbocycles. The molecule has 0 N–H and O–H groups in total. The molecular formula is C12H15N5O. The normalized spacial score (nSPS) is 19.4. The van der Waals surface area contributed by atoms with Gasteiger partial charge in [0.1, 0.15) is 12.1 Å². The van der Waals surface area contributed by atoms with Gasteiger partial charge >= 0.3 is 0 Å². The summed E-state index contributed by atoms with van der Waals surface area (Å²) in [6, 6.07) is 2.15. The highest BCUT2D eigenvalue weighted by Gasteiger charge is 2.30. The molecule has 1 aliphatic heterocycles. The Morgan fingerprint density at radius 1 is 1.33 bits per heavy atom. The van der Waals surface area contributed by atoms with Crippen molar-refractivity contribution in [1.29, 1.82) is 0 Å². The fraction of sp³-hybridized carbons (Fsp3) is 0.500. The average molecular weight is 245 g/mol. The molecule has 1 aliphatic rings. The Kier molecular flexibility index (Phi) is 2.70. The Bertz CT molecular complexity index is 553. The minimum absolute atomic E-state index is 0.164. The van der Waals surface area contributed by atoms with Gasteiger partial charge in [-0.15, -0.1) is 0 Å². The van der Waals surface area contributed by atoms with Gasteiger partial charge in [0.25, 0.3) is 0 Å². The van der Waals surface area contributed by atoms with Crippen LogP contribution in [0.15, 0.2) is 16.9 Å². The lowest BCUT2D eigenvalue weighted by Crippen LogP contribution is -2.24. The highest BCUT2D eigenvalue weighted by Crippen LogP contribution is 2.33. The van der Waals surface area contributed by atoms with Crippen molar-refractivity contribution in [2.24, 2.45) is 0 Å². The van der Waals surface area contributed by atoms with Crippen LogP contribution >= 0.6 is 0 Å². The summed E-state index contributed by atoms with van der Waals surface area (Å²) >= 11 is 0. The Labute approximate surface area is 105 Å². The minimum Gasteiger partial charge on any atom is -0.346 e. The van der Waals surface area contributed by atoms with Gasteiger partial charge in [0.2, 0.25) is 5.89 Å². The van der Waals surface area contributed by atoms with Gasteiger partial charge in [0.15, 0.2) is 5.82 Å². The number of anilines is 1. The van der Waals surface area contributed by atoms with E-state index < -0.39 is 0 Å². The third kappa shape index (κ3) is 1.94. The smallest absolute Gasteiger partial charge is 0.223 e. The summed E-state index contributed by atoms with van der Waals surface area (Å²) in [7, 11) is 0. The highest BCUT2D eigenvalue weighted by atomic mass is 16.5. The van der Waals surface area contributed by atoms with Crippen LogP contribution in [0.4, 0.5) is 5.82 Å². The zero-order chi connectivity index (χ0) is 12.5. The molecule has 0 spiro atoms. The third-order valence-corrected chi connectivity index (χ3v) is 3.18. The quantitative estimate of drug-likeness (QED) is 0.803.